The number of aryl methyl sites for hydroxylation is 1. The van der Waals surface area contributed by atoms with E-state index in [9.17, 15) is 4.79 Å². The summed E-state index contributed by atoms with van der Waals surface area (Å²) in [6.07, 6.45) is 0.438. The fourth-order valence-corrected chi connectivity index (χ4v) is 4.00. The summed E-state index contributed by atoms with van der Waals surface area (Å²) in [6.45, 7) is 6.04. The molecule has 0 bridgehead atoms. The lowest BCUT2D eigenvalue weighted by Gasteiger charge is -2.40. The number of ether oxygens (including phenoxy) is 1. The Morgan fingerprint density at radius 2 is 2.03 bits per heavy atom. The molecule has 0 N–H and O–H groups in total. The number of aromatic nitrogens is 3. The maximum Gasteiger partial charge on any atom is 0.224 e. The number of piperazine rings is 1. The third-order valence-corrected chi connectivity index (χ3v) is 5.53. The van der Waals surface area contributed by atoms with E-state index >= 15 is 0 Å². The molecule has 1 aliphatic heterocycles. The second-order valence-corrected chi connectivity index (χ2v) is 7.57. The van der Waals surface area contributed by atoms with Crippen molar-refractivity contribution in [1.82, 2.24) is 24.8 Å². The first-order valence-electron chi connectivity index (χ1n) is 10.1. The van der Waals surface area contributed by atoms with Crippen LogP contribution in [0.15, 0.2) is 48.5 Å². The Hall–Kier alpha value is -2.93. The molecule has 1 aliphatic rings. The molecule has 4 rings (SSSR count). The Morgan fingerprint density at radius 3 is 2.86 bits per heavy atom. The summed E-state index contributed by atoms with van der Waals surface area (Å²) in [4.78, 5) is 17.2. The summed E-state index contributed by atoms with van der Waals surface area (Å²) in [5.41, 5.74) is 3.06. The first kappa shape index (κ1) is 19.4. The summed E-state index contributed by atoms with van der Waals surface area (Å²) in [5.74, 6) is 1.06. The molecular formula is C22H27N5O2. The number of amides is 1. The molecule has 0 radical (unpaired) electrons. The van der Waals surface area contributed by atoms with E-state index in [4.69, 9.17) is 4.74 Å². The minimum atomic E-state index is 0.179. The molecule has 3 aromatic rings. The second kappa shape index (κ2) is 8.61. The van der Waals surface area contributed by atoms with Crippen molar-refractivity contribution < 1.29 is 9.53 Å². The largest absolute Gasteiger partial charge is 0.497 e. The van der Waals surface area contributed by atoms with E-state index in [0.717, 1.165) is 43.0 Å². The number of para-hydroxylation sites is 1. The monoisotopic (exact) mass is 393 g/mol. The number of carbonyl (C=O) groups is 1. The van der Waals surface area contributed by atoms with Crippen LogP contribution in [0.4, 0.5) is 0 Å². The number of methoxy groups -OCH3 is 1. The average molecular weight is 393 g/mol. The summed E-state index contributed by atoms with van der Waals surface area (Å²) < 4.78 is 7.13. The van der Waals surface area contributed by atoms with Crippen molar-refractivity contribution in [2.75, 3.05) is 26.7 Å². The molecule has 152 valence electrons. The molecule has 2 aromatic carbocycles. The van der Waals surface area contributed by atoms with Gasteiger partial charge in [0.25, 0.3) is 0 Å². The standard InChI is InChI=1S/C22H27N5O2/c1-17-15-25(16-18-6-5-7-19(14-18)29-2)12-13-26(17)22(28)10-11-27-21-9-4-3-8-20(21)23-24-27/h3-9,14,17H,10-13,15-16H2,1-2H3/t17-/m0/s1. The fraction of sp³-hybridized carbons (Fsp3) is 0.409. The molecule has 1 fully saturated rings. The van der Waals surface area contributed by atoms with E-state index in [1.165, 1.54) is 5.56 Å². The number of carbonyl (C=O) groups excluding carboxylic acids is 1. The molecule has 2 heterocycles. The number of fused-ring (bicyclic) bond motifs is 1. The maximum atomic E-state index is 12.8. The van der Waals surface area contributed by atoms with Crippen molar-refractivity contribution in [1.29, 1.82) is 0 Å². The van der Waals surface area contributed by atoms with Gasteiger partial charge in [-0.05, 0) is 36.8 Å². The van der Waals surface area contributed by atoms with Crippen LogP contribution in [0.2, 0.25) is 0 Å². The van der Waals surface area contributed by atoms with Gasteiger partial charge in [0.05, 0.1) is 19.2 Å². The Bertz CT molecular complexity index is 986. The van der Waals surface area contributed by atoms with Gasteiger partial charge in [-0.3, -0.25) is 9.69 Å². The summed E-state index contributed by atoms with van der Waals surface area (Å²) in [7, 11) is 1.69. The lowest BCUT2D eigenvalue weighted by molar-refractivity contribution is -0.136. The van der Waals surface area contributed by atoms with E-state index in [0.29, 0.717) is 13.0 Å². The molecule has 0 aliphatic carbocycles. The molecule has 1 saturated heterocycles. The van der Waals surface area contributed by atoms with Crippen molar-refractivity contribution in [3.63, 3.8) is 0 Å². The lowest BCUT2D eigenvalue weighted by Crippen LogP contribution is -2.53. The quantitative estimate of drug-likeness (QED) is 0.644. The SMILES string of the molecule is COc1cccc(CN2CCN(C(=O)CCn3nnc4ccccc43)[C@@H](C)C2)c1. The van der Waals surface area contributed by atoms with Crippen molar-refractivity contribution in [2.45, 2.75) is 32.5 Å². The van der Waals surface area contributed by atoms with Crippen LogP contribution >= 0.6 is 0 Å². The zero-order chi connectivity index (χ0) is 20.2. The van der Waals surface area contributed by atoms with Crippen LogP contribution in [0.5, 0.6) is 5.75 Å². The zero-order valence-electron chi connectivity index (χ0n) is 17.0. The highest BCUT2D eigenvalue weighted by molar-refractivity contribution is 5.77. The maximum absolute atomic E-state index is 12.8. The molecule has 0 spiro atoms. The van der Waals surface area contributed by atoms with Crippen LogP contribution in [0.25, 0.3) is 11.0 Å². The first-order chi connectivity index (χ1) is 14.1. The molecular weight excluding hydrogens is 366 g/mol. The van der Waals surface area contributed by atoms with Crippen molar-refractivity contribution in [2.24, 2.45) is 0 Å². The van der Waals surface area contributed by atoms with Gasteiger partial charge in [-0.25, -0.2) is 4.68 Å². The fourth-order valence-electron chi connectivity index (χ4n) is 4.00. The predicted molar refractivity (Wildman–Crippen MR) is 112 cm³/mol. The van der Waals surface area contributed by atoms with Gasteiger partial charge in [0.2, 0.25) is 5.91 Å². The topological polar surface area (TPSA) is 63.5 Å². The number of hydrogen-bond acceptors (Lipinski definition) is 5. The molecule has 0 unspecified atom stereocenters. The van der Waals surface area contributed by atoms with Crippen LogP contribution in [0, 0.1) is 0 Å². The lowest BCUT2D eigenvalue weighted by atomic mass is 10.1. The third-order valence-electron chi connectivity index (χ3n) is 5.53. The molecule has 7 heteroatoms. The van der Waals surface area contributed by atoms with Gasteiger partial charge in [-0.1, -0.05) is 29.5 Å². The van der Waals surface area contributed by atoms with E-state index in [2.05, 4.69) is 34.3 Å². The first-order valence-corrected chi connectivity index (χ1v) is 10.1. The summed E-state index contributed by atoms with van der Waals surface area (Å²) in [5, 5.41) is 8.34. The van der Waals surface area contributed by atoms with Gasteiger partial charge in [-0.2, -0.15) is 0 Å². The number of benzene rings is 2. The van der Waals surface area contributed by atoms with Crippen LogP contribution in [0.3, 0.4) is 0 Å². The highest BCUT2D eigenvalue weighted by Crippen LogP contribution is 2.18. The Labute approximate surface area is 170 Å². The molecule has 1 atom stereocenters. The molecule has 1 amide bonds. The molecule has 29 heavy (non-hydrogen) atoms. The zero-order valence-corrected chi connectivity index (χ0v) is 17.0. The van der Waals surface area contributed by atoms with E-state index < -0.39 is 0 Å². The number of nitrogens with zero attached hydrogens (tertiary/aromatic N) is 5. The van der Waals surface area contributed by atoms with Gasteiger partial charge in [-0.15, -0.1) is 5.10 Å². The predicted octanol–water partition coefficient (Wildman–Crippen LogP) is 2.56. The smallest absolute Gasteiger partial charge is 0.224 e. The van der Waals surface area contributed by atoms with Gasteiger partial charge >= 0.3 is 0 Å². The number of hydrogen-bond donors (Lipinski definition) is 0. The summed E-state index contributed by atoms with van der Waals surface area (Å²) in [6, 6.07) is 16.2. The summed E-state index contributed by atoms with van der Waals surface area (Å²) >= 11 is 0. The van der Waals surface area contributed by atoms with Gasteiger partial charge in [0.15, 0.2) is 0 Å². The average Bonchev–Trinajstić information content (AvgIpc) is 3.15. The normalized spacial score (nSPS) is 17.6. The highest BCUT2D eigenvalue weighted by Gasteiger charge is 2.27. The second-order valence-electron chi connectivity index (χ2n) is 7.57. The van der Waals surface area contributed by atoms with Crippen LogP contribution in [-0.2, 0) is 17.9 Å². The Morgan fingerprint density at radius 1 is 1.17 bits per heavy atom. The molecule has 7 nitrogen and oxygen atoms in total. The minimum Gasteiger partial charge on any atom is -0.497 e. The Kier molecular flexibility index (Phi) is 5.76. The van der Waals surface area contributed by atoms with E-state index in [1.54, 1.807) is 7.11 Å². The van der Waals surface area contributed by atoms with Gasteiger partial charge in [0.1, 0.15) is 11.3 Å². The third kappa shape index (κ3) is 4.40. The Balaban J connectivity index is 1.31. The van der Waals surface area contributed by atoms with Crippen LogP contribution in [0.1, 0.15) is 18.9 Å². The highest BCUT2D eigenvalue weighted by atomic mass is 16.5. The van der Waals surface area contributed by atoms with Crippen molar-refractivity contribution in [3.8, 4) is 5.75 Å². The van der Waals surface area contributed by atoms with Crippen LogP contribution < -0.4 is 4.74 Å². The van der Waals surface area contributed by atoms with E-state index in [-0.39, 0.29) is 11.9 Å². The van der Waals surface area contributed by atoms with Crippen molar-refractivity contribution >= 4 is 16.9 Å². The minimum absolute atomic E-state index is 0.179. The van der Waals surface area contributed by atoms with Gasteiger partial charge < -0.3 is 9.64 Å². The van der Waals surface area contributed by atoms with Gasteiger partial charge in [0, 0.05) is 38.6 Å². The molecule has 0 saturated carbocycles. The van der Waals surface area contributed by atoms with E-state index in [1.807, 2.05) is 46.0 Å². The van der Waals surface area contributed by atoms with Crippen LogP contribution in [-0.4, -0.2) is 63.5 Å². The number of rotatable bonds is 6. The molecule has 1 aromatic heterocycles. The van der Waals surface area contributed by atoms with Crippen molar-refractivity contribution in [3.05, 3.63) is 54.1 Å².